The number of β-lactam (4-membered cyclic amide) rings is 1. The monoisotopic (exact) mass is 620 g/mol. The molecule has 1 fully saturated rings. The average molecular weight is 621 g/mol. The molecule has 0 unspecified atom stereocenters. The number of halogens is 1. The number of carbonyl (C=O) groups excluding carboxylic acids is 2. The predicted octanol–water partition coefficient (Wildman–Crippen LogP) is 0.942. The molecule has 0 aromatic carbocycles. The number of thioether (sulfide) groups is 1. The number of hydrogen-bond donors (Lipinski definition) is 4. The van der Waals surface area contributed by atoms with Crippen molar-refractivity contribution in [3.63, 3.8) is 0 Å². The Hall–Kier alpha value is -4.15. The van der Waals surface area contributed by atoms with E-state index in [1.807, 2.05) is 45.8 Å². The van der Waals surface area contributed by atoms with Crippen molar-refractivity contribution in [3.8, 4) is 0 Å². The zero-order chi connectivity index (χ0) is 29.6. The molecule has 2 aliphatic rings. The molecule has 5 rings (SSSR count). The number of thiazole rings is 1. The second-order valence-electron chi connectivity index (χ2n) is 9.53. The molecule has 0 aliphatic carbocycles. The van der Waals surface area contributed by atoms with Crippen LogP contribution in [0.4, 0.5) is 5.13 Å². The minimum Gasteiger partial charge on any atom is -0.478 e. The fourth-order valence-electron chi connectivity index (χ4n) is 4.25. The molecule has 14 nitrogen and oxygen atoms in total. The van der Waals surface area contributed by atoms with Gasteiger partial charge in [0.15, 0.2) is 10.8 Å². The smallest absolute Gasteiger partial charge is 0.352 e. The van der Waals surface area contributed by atoms with Gasteiger partial charge in [-0.25, -0.2) is 23.5 Å². The van der Waals surface area contributed by atoms with Crippen LogP contribution in [0.15, 0.2) is 53.2 Å². The van der Waals surface area contributed by atoms with E-state index < -0.39 is 46.5 Å². The summed E-state index contributed by atoms with van der Waals surface area (Å²) in [7, 11) is 0. The van der Waals surface area contributed by atoms with Gasteiger partial charge in [-0.3, -0.25) is 14.5 Å². The van der Waals surface area contributed by atoms with Crippen molar-refractivity contribution >= 4 is 74.9 Å². The molecule has 0 bridgehead atoms. The first-order valence-electron chi connectivity index (χ1n) is 12.0. The van der Waals surface area contributed by atoms with E-state index >= 15 is 0 Å². The van der Waals surface area contributed by atoms with E-state index in [-0.39, 0.29) is 27.4 Å². The van der Waals surface area contributed by atoms with Crippen LogP contribution < -0.4 is 15.6 Å². The molecular weight excluding hydrogens is 598 g/mol. The lowest BCUT2D eigenvalue weighted by atomic mass is 10.0. The number of rotatable bonds is 9. The third-order valence-corrected chi connectivity index (χ3v) is 8.81. The highest BCUT2D eigenvalue weighted by molar-refractivity contribution is 8.00. The summed E-state index contributed by atoms with van der Waals surface area (Å²) in [5.74, 6) is -3.87. The maximum absolute atomic E-state index is 13.3. The first kappa shape index (κ1) is 28.4. The fraction of sp³-hybridized carbons (Fsp3) is 0.292. The molecule has 0 saturated carbocycles. The molecule has 2 amide bonds. The number of carboxylic acids is 2. The Balaban J connectivity index is 1.39. The summed E-state index contributed by atoms with van der Waals surface area (Å²) in [5.41, 5.74) is 4.50. The first-order chi connectivity index (χ1) is 19.4. The summed E-state index contributed by atoms with van der Waals surface area (Å²) in [5, 5.41) is 25.0. The van der Waals surface area contributed by atoms with Crippen molar-refractivity contribution in [3.05, 3.63) is 58.1 Å². The molecule has 3 aromatic heterocycles. The Morgan fingerprint density at radius 3 is 2.73 bits per heavy atom. The minimum absolute atomic E-state index is 0.00169. The number of carboxylic acid groups (broad SMARTS) is 2. The Morgan fingerprint density at radius 1 is 1.32 bits per heavy atom. The number of nitrogen functional groups attached to an aromatic ring is 1. The van der Waals surface area contributed by atoms with Crippen LogP contribution in [0, 0.1) is 0 Å². The number of carbonyl (C=O) groups is 4. The topological polar surface area (TPSA) is 193 Å². The average Bonchev–Trinajstić information content (AvgIpc) is 3.48. The summed E-state index contributed by atoms with van der Waals surface area (Å²) >= 11 is 8.34. The number of imidazole rings is 1. The summed E-state index contributed by atoms with van der Waals surface area (Å²) in [4.78, 5) is 60.6. The van der Waals surface area contributed by atoms with Crippen LogP contribution in [0.1, 0.15) is 19.5 Å². The van der Waals surface area contributed by atoms with Crippen molar-refractivity contribution < 1.29 is 38.8 Å². The fourth-order valence-corrected chi connectivity index (χ4v) is 6.52. The highest BCUT2D eigenvalue weighted by atomic mass is 35.5. The maximum atomic E-state index is 13.3. The molecular formula is C24H23ClN7O7S2+. The second kappa shape index (κ2) is 10.7. The Labute approximate surface area is 245 Å². The van der Waals surface area contributed by atoms with Crippen LogP contribution in [0.3, 0.4) is 0 Å². The van der Waals surface area contributed by atoms with Crippen molar-refractivity contribution in [2.75, 3.05) is 11.5 Å². The van der Waals surface area contributed by atoms with Crippen LogP contribution in [0.25, 0.3) is 5.65 Å². The maximum Gasteiger partial charge on any atom is 0.352 e. The minimum atomic E-state index is -1.80. The number of anilines is 1. The molecule has 5 heterocycles. The third kappa shape index (κ3) is 5.20. The molecule has 1 saturated heterocycles. The van der Waals surface area contributed by atoms with Gasteiger partial charge in [-0.05, 0) is 19.9 Å². The van der Waals surface area contributed by atoms with Gasteiger partial charge < -0.3 is 26.1 Å². The summed E-state index contributed by atoms with van der Waals surface area (Å²) in [6, 6.07) is 4.54. The Bertz CT molecular complexity index is 1660. The Kier molecular flexibility index (Phi) is 7.39. The van der Waals surface area contributed by atoms with Crippen LogP contribution in [0.5, 0.6) is 0 Å². The first-order valence-corrected chi connectivity index (χ1v) is 14.2. The van der Waals surface area contributed by atoms with Crippen LogP contribution >= 0.6 is 34.7 Å². The quantitative estimate of drug-likeness (QED) is 0.116. The van der Waals surface area contributed by atoms with E-state index in [2.05, 4.69) is 15.5 Å². The lowest BCUT2D eigenvalue weighted by molar-refractivity contribution is -0.662. The lowest BCUT2D eigenvalue weighted by Crippen LogP contribution is -2.71. The second-order valence-corrected chi connectivity index (χ2v) is 12.3. The number of nitrogens with two attached hydrogens (primary N) is 1. The van der Waals surface area contributed by atoms with Gasteiger partial charge >= 0.3 is 11.9 Å². The van der Waals surface area contributed by atoms with Crippen LogP contribution in [-0.2, 0) is 30.6 Å². The van der Waals surface area contributed by atoms with E-state index in [0.717, 1.165) is 21.9 Å². The van der Waals surface area contributed by atoms with E-state index in [4.69, 9.17) is 22.2 Å². The normalized spacial score (nSPS) is 19.1. The molecule has 5 N–H and O–H groups in total. The third-order valence-electron chi connectivity index (χ3n) is 6.39. The number of nitrogens with zero attached hydrogens (tertiary/aromatic N) is 5. The highest BCUT2D eigenvalue weighted by Gasteiger charge is 2.54. The van der Waals surface area contributed by atoms with Gasteiger partial charge in [-0.15, -0.1) is 11.8 Å². The van der Waals surface area contributed by atoms with E-state index in [1.54, 1.807) is 0 Å². The number of pyridine rings is 1. The number of aliphatic carboxylic acids is 2. The number of amides is 2. The summed E-state index contributed by atoms with van der Waals surface area (Å²) < 4.78 is 3.77. The van der Waals surface area contributed by atoms with Gasteiger partial charge in [0, 0.05) is 17.4 Å². The van der Waals surface area contributed by atoms with Crippen molar-refractivity contribution in [2.24, 2.45) is 5.16 Å². The van der Waals surface area contributed by atoms with Crippen molar-refractivity contribution in [1.29, 1.82) is 0 Å². The van der Waals surface area contributed by atoms with E-state index in [9.17, 15) is 29.4 Å². The molecule has 17 heteroatoms. The van der Waals surface area contributed by atoms with Gasteiger partial charge in [-0.1, -0.05) is 34.2 Å². The summed E-state index contributed by atoms with van der Waals surface area (Å²) in [6.45, 7) is 2.70. The number of nitrogens with one attached hydrogen (secondary N) is 1. The molecule has 2 atom stereocenters. The van der Waals surface area contributed by atoms with Gasteiger partial charge in [0.1, 0.15) is 46.1 Å². The molecule has 0 spiro atoms. The van der Waals surface area contributed by atoms with Crippen molar-refractivity contribution in [2.45, 2.75) is 37.4 Å². The molecule has 214 valence electrons. The number of fused-ring (bicyclic) bond motifs is 2. The van der Waals surface area contributed by atoms with E-state index in [1.165, 1.54) is 25.6 Å². The zero-order valence-electron chi connectivity index (χ0n) is 21.5. The zero-order valence-corrected chi connectivity index (χ0v) is 23.9. The Morgan fingerprint density at radius 2 is 2.07 bits per heavy atom. The lowest BCUT2D eigenvalue weighted by Gasteiger charge is -2.49. The van der Waals surface area contributed by atoms with Gasteiger partial charge in [-0.2, -0.15) is 0 Å². The molecule has 41 heavy (non-hydrogen) atoms. The predicted molar refractivity (Wildman–Crippen MR) is 148 cm³/mol. The van der Waals surface area contributed by atoms with Gasteiger partial charge in [0.2, 0.25) is 5.60 Å². The number of aromatic nitrogens is 3. The highest BCUT2D eigenvalue weighted by Crippen LogP contribution is 2.40. The molecule has 3 aromatic rings. The van der Waals surface area contributed by atoms with Crippen molar-refractivity contribution in [1.82, 2.24) is 19.6 Å². The van der Waals surface area contributed by atoms with Gasteiger partial charge in [0.05, 0.1) is 6.20 Å². The number of hydrogen-bond acceptors (Lipinski definition) is 10. The largest absolute Gasteiger partial charge is 0.478 e. The summed E-state index contributed by atoms with van der Waals surface area (Å²) in [6.07, 6.45) is 5.54. The van der Waals surface area contributed by atoms with E-state index in [0.29, 0.717) is 11.3 Å². The standard InChI is InChI=1S/C24H22ClN7O7S2/c1-24(2,22(37)38)39-29-14(13-17(25)41-23(26)28-13)18(33)27-15-19(34)32-16(21(35)36)11(10-40-20(15)32)9-31-8-7-30-6-4-3-5-12(30)31/h3-8,15,20H,9-10H2,1-2H3,(H4-,26,27,28,33,35,36,37,38)/p+1/b29-14+/t15-,20-/m1/s1. The van der Waals surface area contributed by atoms with Crippen LogP contribution in [0.2, 0.25) is 4.34 Å². The SMILES string of the molecule is CC(C)(O/N=C(/C(=O)N[C@@H]1C(=O)N2C(C(=O)O)=C(C[n+]3ccn4ccccc43)CS[C@H]12)c1nc(N)sc1Cl)C(=O)O. The van der Waals surface area contributed by atoms with Crippen LogP contribution in [-0.4, -0.2) is 76.7 Å². The number of oxime groups is 1. The molecule has 2 aliphatic heterocycles. The van der Waals surface area contributed by atoms with Gasteiger partial charge in [0.25, 0.3) is 17.5 Å². The molecule has 0 radical (unpaired) electrons.